The molecule has 0 saturated heterocycles. The van der Waals surface area contributed by atoms with E-state index < -0.39 is 0 Å². The monoisotopic (exact) mass is 272 g/mol. The molecule has 0 aromatic carbocycles. The van der Waals surface area contributed by atoms with E-state index in [-0.39, 0.29) is 5.91 Å². The zero-order valence-electron chi connectivity index (χ0n) is 8.50. The Morgan fingerprint density at radius 3 is 3.13 bits per heavy atom. The SMILES string of the molecule is COCCCNC(=O)c1cccnc1Br. The van der Waals surface area contributed by atoms with Crippen LogP contribution in [-0.4, -0.2) is 31.2 Å². The lowest BCUT2D eigenvalue weighted by Crippen LogP contribution is -2.25. The van der Waals surface area contributed by atoms with Gasteiger partial charge in [0.25, 0.3) is 5.91 Å². The van der Waals surface area contributed by atoms with Gasteiger partial charge >= 0.3 is 0 Å². The van der Waals surface area contributed by atoms with Gasteiger partial charge in [-0.2, -0.15) is 0 Å². The lowest BCUT2D eigenvalue weighted by atomic mass is 10.2. The van der Waals surface area contributed by atoms with Crippen molar-refractivity contribution in [2.24, 2.45) is 0 Å². The summed E-state index contributed by atoms with van der Waals surface area (Å²) < 4.78 is 5.44. The Labute approximate surface area is 97.2 Å². The van der Waals surface area contributed by atoms with Gasteiger partial charge in [0.05, 0.1) is 5.56 Å². The molecule has 0 saturated carbocycles. The number of carbonyl (C=O) groups excluding carboxylic acids is 1. The van der Waals surface area contributed by atoms with Crippen LogP contribution in [0.5, 0.6) is 0 Å². The molecule has 1 rings (SSSR count). The maximum absolute atomic E-state index is 11.6. The third-order valence-electron chi connectivity index (χ3n) is 1.81. The quantitative estimate of drug-likeness (QED) is 0.655. The Bertz CT molecular complexity index is 331. The van der Waals surface area contributed by atoms with E-state index in [2.05, 4.69) is 26.2 Å². The minimum absolute atomic E-state index is 0.119. The van der Waals surface area contributed by atoms with Gasteiger partial charge in [0.1, 0.15) is 4.60 Å². The second-order valence-corrected chi connectivity index (χ2v) is 3.70. The molecule has 0 aliphatic heterocycles. The number of hydrogen-bond acceptors (Lipinski definition) is 3. The lowest BCUT2D eigenvalue weighted by Gasteiger charge is -2.05. The molecule has 0 fully saturated rings. The van der Waals surface area contributed by atoms with Gasteiger partial charge in [-0.25, -0.2) is 4.98 Å². The van der Waals surface area contributed by atoms with Crippen LogP contribution in [0.3, 0.4) is 0 Å². The first-order chi connectivity index (χ1) is 7.25. The predicted molar refractivity (Wildman–Crippen MR) is 60.8 cm³/mol. The van der Waals surface area contributed by atoms with Crippen LogP contribution in [0.2, 0.25) is 0 Å². The van der Waals surface area contributed by atoms with E-state index in [1.54, 1.807) is 25.4 Å². The van der Waals surface area contributed by atoms with Gasteiger partial charge in [0.2, 0.25) is 0 Å². The second kappa shape index (κ2) is 6.53. The van der Waals surface area contributed by atoms with Crippen molar-refractivity contribution in [1.82, 2.24) is 10.3 Å². The minimum Gasteiger partial charge on any atom is -0.385 e. The summed E-state index contributed by atoms with van der Waals surface area (Å²) in [4.78, 5) is 15.6. The molecule has 1 heterocycles. The van der Waals surface area contributed by atoms with E-state index in [1.165, 1.54) is 0 Å². The Hall–Kier alpha value is -0.940. The summed E-state index contributed by atoms with van der Waals surface area (Å²) in [6.45, 7) is 1.25. The fraction of sp³-hybridized carbons (Fsp3) is 0.400. The topological polar surface area (TPSA) is 51.2 Å². The minimum atomic E-state index is -0.119. The molecule has 15 heavy (non-hydrogen) atoms. The number of pyridine rings is 1. The van der Waals surface area contributed by atoms with Gasteiger partial charge in [0.15, 0.2) is 0 Å². The Morgan fingerprint density at radius 1 is 1.67 bits per heavy atom. The molecule has 0 radical (unpaired) electrons. The number of hydrogen-bond donors (Lipinski definition) is 1. The zero-order valence-corrected chi connectivity index (χ0v) is 10.1. The highest BCUT2D eigenvalue weighted by Crippen LogP contribution is 2.11. The third-order valence-corrected chi connectivity index (χ3v) is 2.45. The molecule has 1 aromatic rings. The molecule has 0 spiro atoms. The number of amides is 1. The van der Waals surface area contributed by atoms with Crippen molar-refractivity contribution in [2.45, 2.75) is 6.42 Å². The van der Waals surface area contributed by atoms with E-state index in [1.807, 2.05) is 0 Å². The van der Waals surface area contributed by atoms with Crippen LogP contribution in [-0.2, 0) is 4.74 Å². The molecule has 1 N–H and O–H groups in total. The molecular weight excluding hydrogens is 260 g/mol. The molecule has 1 amide bonds. The number of aromatic nitrogens is 1. The van der Waals surface area contributed by atoms with Gasteiger partial charge in [-0.15, -0.1) is 0 Å². The smallest absolute Gasteiger partial charge is 0.254 e. The van der Waals surface area contributed by atoms with E-state index in [9.17, 15) is 4.79 Å². The van der Waals surface area contributed by atoms with Gasteiger partial charge in [-0.3, -0.25) is 4.79 Å². The van der Waals surface area contributed by atoms with Crippen molar-refractivity contribution in [3.05, 3.63) is 28.5 Å². The number of halogens is 1. The highest BCUT2D eigenvalue weighted by Gasteiger charge is 2.08. The average Bonchev–Trinajstić information content (AvgIpc) is 2.25. The van der Waals surface area contributed by atoms with E-state index >= 15 is 0 Å². The Morgan fingerprint density at radius 2 is 2.47 bits per heavy atom. The molecule has 4 nitrogen and oxygen atoms in total. The molecule has 0 aliphatic rings. The number of methoxy groups -OCH3 is 1. The maximum atomic E-state index is 11.6. The average molecular weight is 273 g/mol. The molecule has 1 aromatic heterocycles. The van der Waals surface area contributed by atoms with Crippen LogP contribution in [0.1, 0.15) is 16.8 Å². The van der Waals surface area contributed by atoms with Crippen molar-refractivity contribution in [1.29, 1.82) is 0 Å². The molecule has 0 bridgehead atoms. The fourth-order valence-electron chi connectivity index (χ4n) is 1.07. The summed E-state index contributed by atoms with van der Waals surface area (Å²) in [5, 5.41) is 2.79. The number of nitrogens with one attached hydrogen (secondary N) is 1. The first-order valence-corrected chi connectivity index (χ1v) is 5.42. The summed E-state index contributed by atoms with van der Waals surface area (Å²) in [7, 11) is 1.64. The Kier molecular flexibility index (Phi) is 5.28. The van der Waals surface area contributed by atoms with E-state index in [4.69, 9.17) is 4.74 Å². The van der Waals surface area contributed by atoms with E-state index in [0.29, 0.717) is 23.3 Å². The number of nitrogens with zero attached hydrogens (tertiary/aromatic N) is 1. The first kappa shape index (κ1) is 12.1. The lowest BCUT2D eigenvalue weighted by molar-refractivity contribution is 0.0947. The van der Waals surface area contributed by atoms with Crippen LogP contribution >= 0.6 is 15.9 Å². The van der Waals surface area contributed by atoms with Crippen LogP contribution in [0.15, 0.2) is 22.9 Å². The standard InChI is InChI=1S/C10H13BrN2O2/c1-15-7-3-6-13-10(14)8-4-2-5-12-9(8)11/h2,4-5H,3,6-7H2,1H3,(H,13,14). The molecule has 5 heteroatoms. The number of carbonyl (C=O) groups is 1. The van der Waals surface area contributed by atoms with Crippen molar-refractivity contribution < 1.29 is 9.53 Å². The normalized spacial score (nSPS) is 10.0. The molecular formula is C10H13BrN2O2. The summed E-state index contributed by atoms with van der Waals surface area (Å²) in [5.74, 6) is -0.119. The van der Waals surface area contributed by atoms with Crippen LogP contribution < -0.4 is 5.32 Å². The summed E-state index contributed by atoms with van der Waals surface area (Å²) in [6.07, 6.45) is 2.44. The van der Waals surface area contributed by atoms with Crippen molar-refractivity contribution in [3.8, 4) is 0 Å². The largest absolute Gasteiger partial charge is 0.385 e. The van der Waals surface area contributed by atoms with Gasteiger partial charge in [-0.1, -0.05) is 0 Å². The van der Waals surface area contributed by atoms with E-state index in [0.717, 1.165) is 6.42 Å². The fourth-order valence-corrected chi connectivity index (χ4v) is 1.50. The number of ether oxygens (including phenoxy) is 1. The highest BCUT2D eigenvalue weighted by atomic mass is 79.9. The summed E-state index contributed by atoms with van der Waals surface area (Å²) in [6, 6.07) is 3.46. The second-order valence-electron chi connectivity index (χ2n) is 2.94. The third kappa shape index (κ3) is 3.97. The zero-order chi connectivity index (χ0) is 11.1. The Balaban J connectivity index is 2.44. The van der Waals surface area contributed by atoms with Crippen molar-refractivity contribution in [3.63, 3.8) is 0 Å². The number of rotatable bonds is 5. The first-order valence-electron chi connectivity index (χ1n) is 4.63. The molecule has 82 valence electrons. The van der Waals surface area contributed by atoms with Gasteiger partial charge < -0.3 is 10.1 Å². The summed E-state index contributed by atoms with van der Waals surface area (Å²) in [5.41, 5.74) is 0.551. The molecule has 0 atom stereocenters. The highest BCUT2D eigenvalue weighted by molar-refractivity contribution is 9.10. The van der Waals surface area contributed by atoms with Gasteiger partial charge in [-0.05, 0) is 34.5 Å². The predicted octanol–water partition coefficient (Wildman–Crippen LogP) is 1.61. The van der Waals surface area contributed by atoms with Crippen LogP contribution in [0.4, 0.5) is 0 Å². The van der Waals surface area contributed by atoms with Crippen LogP contribution in [0, 0.1) is 0 Å². The molecule has 0 aliphatic carbocycles. The van der Waals surface area contributed by atoms with Gasteiger partial charge in [0, 0.05) is 26.5 Å². The molecule has 0 unspecified atom stereocenters. The maximum Gasteiger partial charge on any atom is 0.254 e. The summed E-state index contributed by atoms with van der Waals surface area (Å²) >= 11 is 3.22. The van der Waals surface area contributed by atoms with Crippen LogP contribution in [0.25, 0.3) is 0 Å². The van der Waals surface area contributed by atoms with Crippen molar-refractivity contribution in [2.75, 3.05) is 20.3 Å². The van der Waals surface area contributed by atoms with Crippen molar-refractivity contribution >= 4 is 21.8 Å².